The van der Waals surface area contributed by atoms with Gasteiger partial charge in [-0.15, -0.1) is 0 Å². The molecule has 0 unspecified atom stereocenters. The molecule has 0 radical (unpaired) electrons. The number of aromatic nitrogens is 1. The lowest BCUT2D eigenvalue weighted by molar-refractivity contribution is -0.123. The summed E-state index contributed by atoms with van der Waals surface area (Å²) in [5, 5.41) is 6.10. The summed E-state index contributed by atoms with van der Waals surface area (Å²) in [6.07, 6.45) is 4.53. The molecule has 0 aromatic carbocycles. The standard InChI is InChI=1S/C16H23N3O3S/c1-10-11(2)23-15(22)19(10)8-6-13(20)18-16-7-4-3-5-12(16)17-14(21)9-16/h12H,3-9H2,1-2H3,(H,17,21)(H,18,20)/t12-,16+/m0/s1. The number of fused-ring (bicyclic) bond motifs is 1. The van der Waals surface area contributed by atoms with Gasteiger partial charge < -0.3 is 15.2 Å². The Morgan fingerprint density at radius 3 is 2.87 bits per heavy atom. The maximum absolute atomic E-state index is 12.4. The summed E-state index contributed by atoms with van der Waals surface area (Å²) in [6, 6.07) is 0.0561. The van der Waals surface area contributed by atoms with Crippen molar-refractivity contribution in [1.29, 1.82) is 0 Å². The molecule has 2 N–H and O–H groups in total. The Bertz CT molecular complexity index is 693. The highest BCUT2D eigenvalue weighted by atomic mass is 32.1. The van der Waals surface area contributed by atoms with E-state index in [4.69, 9.17) is 0 Å². The quantitative estimate of drug-likeness (QED) is 0.867. The van der Waals surface area contributed by atoms with Crippen LogP contribution in [0, 0.1) is 13.8 Å². The van der Waals surface area contributed by atoms with Gasteiger partial charge in [0.05, 0.1) is 18.0 Å². The smallest absolute Gasteiger partial charge is 0.307 e. The molecule has 126 valence electrons. The molecule has 2 amide bonds. The number of hydrogen-bond donors (Lipinski definition) is 2. The number of hydrogen-bond acceptors (Lipinski definition) is 4. The van der Waals surface area contributed by atoms with E-state index in [0.717, 1.165) is 36.3 Å². The molecule has 6 nitrogen and oxygen atoms in total. The van der Waals surface area contributed by atoms with Crippen LogP contribution in [0.25, 0.3) is 0 Å². The third-order valence-electron chi connectivity index (χ3n) is 5.17. The Balaban J connectivity index is 1.65. The Hall–Kier alpha value is -1.63. The molecule has 1 aliphatic heterocycles. The monoisotopic (exact) mass is 337 g/mol. The fourth-order valence-corrected chi connectivity index (χ4v) is 4.64. The van der Waals surface area contributed by atoms with E-state index in [1.807, 2.05) is 13.8 Å². The molecule has 2 heterocycles. The van der Waals surface area contributed by atoms with E-state index in [1.54, 1.807) is 4.57 Å². The summed E-state index contributed by atoms with van der Waals surface area (Å²) >= 11 is 1.22. The van der Waals surface area contributed by atoms with Crippen molar-refractivity contribution >= 4 is 23.2 Å². The van der Waals surface area contributed by atoms with E-state index in [2.05, 4.69) is 10.6 Å². The maximum atomic E-state index is 12.4. The average molecular weight is 337 g/mol. The predicted octanol–water partition coefficient (Wildman–Crippen LogP) is 1.23. The van der Waals surface area contributed by atoms with Crippen molar-refractivity contribution in [3.8, 4) is 0 Å². The fraction of sp³-hybridized carbons (Fsp3) is 0.688. The molecule has 1 saturated carbocycles. The molecule has 1 aromatic heterocycles. The van der Waals surface area contributed by atoms with Crippen LogP contribution >= 0.6 is 11.3 Å². The molecule has 1 aliphatic carbocycles. The highest BCUT2D eigenvalue weighted by molar-refractivity contribution is 7.09. The van der Waals surface area contributed by atoms with Crippen molar-refractivity contribution in [2.45, 2.75) is 70.5 Å². The zero-order chi connectivity index (χ0) is 16.6. The second-order valence-electron chi connectivity index (χ2n) is 6.66. The number of nitrogens with zero attached hydrogens (tertiary/aromatic N) is 1. The molecule has 2 fully saturated rings. The minimum Gasteiger partial charge on any atom is -0.351 e. The number of carbonyl (C=O) groups is 2. The zero-order valence-electron chi connectivity index (χ0n) is 13.6. The first-order chi connectivity index (χ1) is 10.9. The minimum atomic E-state index is -0.420. The SMILES string of the molecule is Cc1sc(=O)n(CCC(=O)N[C@@]23CCCC[C@@H]2NC(=O)C3)c1C. The van der Waals surface area contributed by atoms with Crippen LogP contribution < -0.4 is 15.5 Å². The van der Waals surface area contributed by atoms with Crippen molar-refractivity contribution in [2.24, 2.45) is 0 Å². The highest BCUT2D eigenvalue weighted by Crippen LogP contribution is 2.35. The van der Waals surface area contributed by atoms with Crippen LogP contribution in [-0.4, -0.2) is 28.0 Å². The Morgan fingerprint density at radius 2 is 2.17 bits per heavy atom. The second-order valence-corrected chi connectivity index (χ2v) is 7.82. The number of nitrogens with one attached hydrogen (secondary N) is 2. The van der Waals surface area contributed by atoms with E-state index < -0.39 is 5.54 Å². The van der Waals surface area contributed by atoms with E-state index in [9.17, 15) is 14.4 Å². The van der Waals surface area contributed by atoms with Gasteiger partial charge in [-0.1, -0.05) is 24.2 Å². The van der Waals surface area contributed by atoms with Crippen LogP contribution in [0.3, 0.4) is 0 Å². The van der Waals surface area contributed by atoms with Crippen molar-refractivity contribution in [2.75, 3.05) is 0 Å². The summed E-state index contributed by atoms with van der Waals surface area (Å²) in [5.41, 5.74) is 0.510. The molecule has 1 aromatic rings. The molecule has 2 aliphatic rings. The van der Waals surface area contributed by atoms with Gasteiger partial charge in [0.25, 0.3) is 0 Å². The summed E-state index contributed by atoms with van der Waals surface area (Å²) < 4.78 is 1.66. The zero-order valence-corrected chi connectivity index (χ0v) is 14.4. The van der Waals surface area contributed by atoms with Crippen molar-refractivity contribution in [1.82, 2.24) is 15.2 Å². The highest BCUT2D eigenvalue weighted by Gasteiger charge is 2.48. The van der Waals surface area contributed by atoms with Gasteiger partial charge in [0.15, 0.2) is 0 Å². The molecule has 3 rings (SSSR count). The Labute approximate surface area is 139 Å². The van der Waals surface area contributed by atoms with E-state index in [0.29, 0.717) is 13.0 Å². The van der Waals surface area contributed by atoms with Crippen LogP contribution in [0.5, 0.6) is 0 Å². The van der Waals surface area contributed by atoms with E-state index >= 15 is 0 Å². The van der Waals surface area contributed by atoms with Crippen LogP contribution in [0.15, 0.2) is 4.79 Å². The second kappa shape index (κ2) is 6.11. The molecule has 1 saturated heterocycles. The largest absolute Gasteiger partial charge is 0.351 e. The van der Waals surface area contributed by atoms with Gasteiger partial charge >= 0.3 is 4.87 Å². The summed E-state index contributed by atoms with van der Waals surface area (Å²) in [6.45, 7) is 4.21. The fourth-order valence-electron chi connectivity index (χ4n) is 3.79. The lowest BCUT2D eigenvalue weighted by Crippen LogP contribution is -2.57. The summed E-state index contributed by atoms with van der Waals surface area (Å²) in [5.74, 6) is -0.0544. The van der Waals surface area contributed by atoms with Crippen molar-refractivity contribution in [3.63, 3.8) is 0 Å². The number of carbonyl (C=O) groups excluding carboxylic acids is 2. The molecule has 2 atom stereocenters. The number of rotatable bonds is 4. The molecule has 23 heavy (non-hydrogen) atoms. The Morgan fingerprint density at radius 1 is 1.39 bits per heavy atom. The van der Waals surface area contributed by atoms with Crippen LogP contribution in [0.4, 0.5) is 0 Å². The van der Waals surface area contributed by atoms with Crippen molar-refractivity contribution in [3.05, 3.63) is 20.2 Å². The van der Waals surface area contributed by atoms with Gasteiger partial charge in [-0.25, -0.2) is 0 Å². The molecular weight excluding hydrogens is 314 g/mol. The van der Waals surface area contributed by atoms with Crippen LogP contribution in [0.1, 0.15) is 49.1 Å². The van der Waals surface area contributed by atoms with Gasteiger partial charge in [-0.2, -0.15) is 0 Å². The lowest BCUT2D eigenvalue weighted by atomic mass is 9.78. The first-order valence-electron chi connectivity index (χ1n) is 8.18. The molecule has 0 bridgehead atoms. The average Bonchev–Trinajstić information content (AvgIpc) is 2.93. The topological polar surface area (TPSA) is 80.2 Å². The minimum absolute atomic E-state index is 0.0146. The normalized spacial score (nSPS) is 26.7. The first kappa shape index (κ1) is 16.2. The number of thiazole rings is 1. The number of aryl methyl sites for hydroxylation is 1. The number of amides is 2. The summed E-state index contributed by atoms with van der Waals surface area (Å²) in [4.78, 5) is 37.0. The Kier molecular flexibility index (Phi) is 4.31. The first-order valence-corrected chi connectivity index (χ1v) is 9.00. The molecule has 7 heteroatoms. The maximum Gasteiger partial charge on any atom is 0.307 e. The van der Waals surface area contributed by atoms with Crippen LogP contribution in [-0.2, 0) is 16.1 Å². The van der Waals surface area contributed by atoms with Gasteiger partial charge in [0.2, 0.25) is 11.8 Å². The van der Waals surface area contributed by atoms with E-state index in [1.165, 1.54) is 11.3 Å². The van der Waals surface area contributed by atoms with Gasteiger partial charge in [0.1, 0.15) is 0 Å². The molecule has 0 spiro atoms. The van der Waals surface area contributed by atoms with E-state index in [-0.39, 0.29) is 29.1 Å². The third-order valence-corrected chi connectivity index (χ3v) is 6.17. The summed E-state index contributed by atoms with van der Waals surface area (Å²) in [7, 11) is 0. The predicted molar refractivity (Wildman–Crippen MR) is 88.6 cm³/mol. The van der Waals surface area contributed by atoms with Gasteiger partial charge in [-0.3, -0.25) is 14.4 Å². The third kappa shape index (κ3) is 3.06. The van der Waals surface area contributed by atoms with Crippen LogP contribution in [0.2, 0.25) is 0 Å². The van der Waals surface area contributed by atoms with Gasteiger partial charge in [0, 0.05) is 23.5 Å². The molecular formula is C16H23N3O3S. The van der Waals surface area contributed by atoms with Gasteiger partial charge in [-0.05, 0) is 26.7 Å². The van der Waals surface area contributed by atoms with Crippen molar-refractivity contribution < 1.29 is 9.59 Å². The lowest BCUT2D eigenvalue weighted by Gasteiger charge is -2.38.